The summed E-state index contributed by atoms with van der Waals surface area (Å²) >= 11 is 0. The maximum Gasteiger partial charge on any atom is 0.227 e. The van der Waals surface area contributed by atoms with E-state index in [9.17, 15) is 5.26 Å². The molecule has 3 aliphatic rings. The van der Waals surface area contributed by atoms with Crippen molar-refractivity contribution in [1.29, 1.82) is 5.26 Å². The van der Waals surface area contributed by atoms with Crippen LogP contribution in [-0.2, 0) is 4.74 Å². The fourth-order valence-corrected chi connectivity index (χ4v) is 5.39. The molecule has 7 heteroatoms. The summed E-state index contributed by atoms with van der Waals surface area (Å²) in [5.74, 6) is 1.23. The Morgan fingerprint density at radius 2 is 1.77 bits per heavy atom. The zero-order valence-corrected chi connectivity index (χ0v) is 19.6. The first-order valence-corrected chi connectivity index (χ1v) is 12.5. The molecule has 2 fully saturated rings. The lowest BCUT2D eigenvalue weighted by molar-refractivity contribution is 0.0256. The summed E-state index contributed by atoms with van der Waals surface area (Å²) in [4.78, 5) is 11.0. The summed E-state index contributed by atoms with van der Waals surface area (Å²) in [7, 11) is 0. The van der Waals surface area contributed by atoms with Gasteiger partial charge in [0.2, 0.25) is 5.95 Å². The Morgan fingerprint density at radius 3 is 2.46 bits per heavy atom. The second kappa shape index (κ2) is 9.55. The average Bonchev–Trinajstić information content (AvgIpc) is 3.18. The van der Waals surface area contributed by atoms with Gasteiger partial charge in [-0.2, -0.15) is 5.26 Å². The molecule has 1 aliphatic carbocycles. The number of nitrogens with zero attached hydrogens (tertiary/aromatic N) is 4. The van der Waals surface area contributed by atoms with Crippen LogP contribution in [0, 0.1) is 11.3 Å². The largest absolute Gasteiger partial charge is 0.490 e. The lowest BCUT2D eigenvalue weighted by atomic mass is 9.87. The average molecular weight is 468 g/mol. The molecule has 6 rings (SSSR count). The van der Waals surface area contributed by atoms with Gasteiger partial charge in [-0.05, 0) is 54.7 Å². The van der Waals surface area contributed by atoms with Crippen LogP contribution in [0.2, 0.25) is 0 Å². The number of aromatic nitrogens is 2. The number of rotatable bonds is 6. The molecular weight excluding hydrogens is 438 g/mol. The number of nitrogens with one attached hydrogen (secondary N) is 1. The minimum absolute atomic E-state index is 0.0133. The van der Waals surface area contributed by atoms with Crippen molar-refractivity contribution in [3.8, 4) is 11.8 Å². The highest BCUT2D eigenvalue weighted by molar-refractivity contribution is 5.68. The summed E-state index contributed by atoms with van der Waals surface area (Å²) in [6.45, 7) is 1.51. The zero-order valence-electron chi connectivity index (χ0n) is 19.6. The second-order valence-electron chi connectivity index (χ2n) is 9.51. The van der Waals surface area contributed by atoms with Gasteiger partial charge in [-0.1, -0.05) is 18.2 Å². The van der Waals surface area contributed by atoms with Crippen LogP contribution in [0.4, 0.5) is 17.3 Å². The number of hydrogen-bond donors (Lipinski definition) is 1. The van der Waals surface area contributed by atoms with E-state index >= 15 is 0 Å². The molecule has 1 N–H and O–H groups in total. The molecule has 178 valence electrons. The zero-order chi connectivity index (χ0) is 23.6. The summed E-state index contributed by atoms with van der Waals surface area (Å²) in [5.41, 5.74) is 4.32. The molecule has 7 nitrogen and oxygen atoms in total. The number of hydrogen-bond acceptors (Lipinski definition) is 7. The summed E-state index contributed by atoms with van der Waals surface area (Å²) in [6.07, 6.45) is 9.01. The van der Waals surface area contributed by atoms with Crippen molar-refractivity contribution in [3.63, 3.8) is 0 Å². The number of anilines is 3. The Labute approximate surface area is 205 Å². The first-order chi connectivity index (χ1) is 17.3. The van der Waals surface area contributed by atoms with E-state index in [0.29, 0.717) is 12.0 Å². The van der Waals surface area contributed by atoms with E-state index in [0.717, 1.165) is 67.1 Å². The summed E-state index contributed by atoms with van der Waals surface area (Å²) < 4.78 is 11.8. The Balaban J connectivity index is 1.29. The van der Waals surface area contributed by atoms with E-state index in [-0.39, 0.29) is 18.1 Å². The van der Waals surface area contributed by atoms with E-state index < -0.39 is 0 Å². The maximum atomic E-state index is 10.3. The first-order valence-electron chi connectivity index (χ1n) is 12.5. The van der Waals surface area contributed by atoms with Gasteiger partial charge in [0.1, 0.15) is 11.9 Å². The van der Waals surface area contributed by atoms with Crippen LogP contribution >= 0.6 is 0 Å². The molecule has 35 heavy (non-hydrogen) atoms. The smallest absolute Gasteiger partial charge is 0.227 e. The third-order valence-electron chi connectivity index (χ3n) is 7.38. The van der Waals surface area contributed by atoms with Crippen LogP contribution in [0.5, 0.6) is 5.75 Å². The molecule has 2 aromatic carbocycles. The van der Waals surface area contributed by atoms with Gasteiger partial charge < -0.3 is 19.7 Å². The van der Waals surface area contributed by atoms with Crippen molar-refractivity contribution >= 4 is 17.3 Å². The second-order valence-corrected chi connectivity index (χ2v) is 9.51. The molecular formula is C28H29N5O2. The van der Waals surface area contributed by atoms with Gasteiger partial charge in [0.05, 0.1) is 31.2 Å². The molecule has 0 amide bonds. The van der Waals surface area contributed by atoms with Crippen molar-refractivity contribution in [2.75, 3.05) is 23.4 Å². The predicted octanol–water partition coefficient (Wildman–Crippen LogP) is 5.50. The Hall–Kier alpha value is -3.63. The molecule has 1 saturated heterocycles. The van der Waals surface area contributed by atoms with Crippen LogP contribution in [0.15, 0.2) is 60.9 Å². The highest BCUT2D eigenvalue weighted by Crippen LogP contribution is 2.53. The molecule has 2 unspecified atom stereocenters. The normalized spacial score (nSPS) is 22.2. The topological polar surface area (TPSA) is 83.3 Å². The SMILES string of the molecule is N#CC1c2ccc(OC3CCOCC3)cc2N(C2CCC2)C1c1ccc(Nc2ncccn2)cc1. The van der Waals surface area contributed by atoms with Gasteiger partial charge in [0.25, 0.3) is 0 Å². The minimum atomic E-state index is -0.223. The molecule has 3 heterocycles. The van der Waals surface area contributed by atoms with Crippen LogP contribution < -0.4 is 15.0 Å². The Bertz CT molecular complexity index is 1200. The van der Waals surface area contributed by atoms with Crippen LogP contribution in [-0.4, -0.2) is 35.3 Å². The van der Waals surface area contributed by atoms with E-state index in [1.54, 1.807) is 18.5 Å². The molecule has 1 aromatic heterocycles. The van der Waals surface area contributed by atoms with Crippen molar-refractivity contribution in [2.24, 2.45) is 0 Å². The van der Waals surface area contributed by atoms with Gasteiger partial charge >= 0.3 is 0 Å². The van der Waals surface area contributed by atoms with Gasteiger partial charge in [-0.15, -0.1) is 0 Å². The van der Waals surface area contributed by atoms with Crippen LogP contribution in [0.3, 0.4) is 0 Å². The van der Waals surface area contributed by atoms with E-state index in [1.165, 1.54) is 6.42 Å². The fourth-order valence-electron chi connectivity index (χ4n) is 5.39. The van der Waals surface area contributed by atoms with Crippen molar-refractivity contribution in [2.45, 2.75) is 56.2 Å². The number of fused-ring (bicyclic) bond motifs is 1. The Morgan fingerprint density at radius 1 is 1.00 bits per heavy atom. The van der Waals surface area contributed by atoms with Crippen molar-refractivity contribution < 1.29 is 9.47 Å². The monoisotopic (exact) mass is 467 g/mol. The van der Waals surface area contributed by atoms with Gasteiger partial charge in [0, 0.05) is 48.7 Å². The Kier molecular flexibility index (Phi) is 5.97. The molecule has 0 spiro atoms. The van der Waals surface area contributed by atoms with Gasteiger partial charge in [-0.25, -0.2) is 9.97 Å². The van der Waals surface area contributed by atoms with Crippen LogP contribution in [0.1, 0.15) is 55.2 Å². The highest BCUT2D eigenvalue weighted by Gasteiger charge is 2.44. The maximum absolute atomic E-state index is 10.3. The van der Waals surface area contributed by atoms with Gasteiger partial charge in [-0.3, -0.25) is 0 Å². The summed E-state index contributed by atoms with van der Waals surface area (Å²) in [5, 5.41) is 13.5. The predicted molar refractivity (Wildman–Crippen MR) is 134 cm³/mol. The molecule has 2 atom stereocenters. The number of nitriles is 1. The molecule has 0 bridgehead atoms. The fraction of sp³-hybridized carbons (Fsp3) is 0.393. The van der Waals surface area contributed by atoms with E-state index in [4.69, 9.17) is 9.47 Å². The first kappa shape index (κ1) is 21.9. The standard InChI is InChI=1S/C28H29N5O2/c29-18-25-24-10-9-23(35-22-11-15-34-16-12-22)17-26(24)33(21-3-1-4-21)27(25)19-5-7-20(8-6-19)32-28-30-13-2-14-31-28/h2,5-10,13-14,17,21-22,25,27H,1,3-4,11-12,15-16H2,(H,30,31,32). The molecule has 0 radical (unpaired) electrons. The number of ether oxygens (including phenoxy) is 2. The minimum Gasteiger partial charge on any atom is -0.490 e. The van der Waals surface area contributed by atoms with Gasteiger partial charge in [0.15, 0.2) is 0 Å². The van der Waals surface area contributed by atoms with Crippen molar-refractivity contribution in [1.82, 2.24) is 9.97 Å². The third-order valence-corrected chi connectivity index (χ3v) is 7.38. The molecule has 3 aromatic rings. The van der Waals surface area contributed by atoms with Crippen molar-refractivity contribution in [3.05, 3.63) is 72.1 Å². The lowest BCUT2D eigenvalue weighted by Gasteiger charge is -2.41. The van der Waals surface area contributed by atoms with E-state index in [1.807, 2.05) is 18.2 Å². The molecule has 1 saturated carbocycles. The quantitative estimate of drug-likeness (QED) is 0.512. The lowest BCUT2D eigenvalue weighted by Crippen LogP contribution is -2.41. The molecule has 2 aliphatic heterocycles. The van der Waals surface area contributed by atoms with Crippen LogP contribution in [0.25, 0.3) is 0 Å². The highest BCUT2D eigenvalue weighted by atomic mass is 16.5. The third kappa shape index (κ3) is 4.30. The van der Waals surface area contributed by atoms with E-state index in [2.05, 4.69) is 50.5 Å². The number of benzene rings is 2. The summed E-state index contributed by atoms with van der Waals surface area (Å²) in [6, 6.07) is 19.5.